The lowest BCUT2D eigenvalue weighted by Gasteiger charge is -2.26. The molecule has 0 bridgehead atoms. The highest BCUT2D eigenvalue weighted by Crippen LogP contribution is 2.32. The van der Waals surface area contributed by atoms with E-state index >= 15 is 0 Å². The van der Waals surface area contributed by atoms with Gasteiger partial charge in [-0.2, -0.15) is 0 Å². The van der Waals surface area contributed by atoms with Gasteiger partial charge in [0.1, 0.15) is 0 Å². The van der Waals surface area contributed by atoms with E-state index in [2.05, 4.69) is 17.0 Å². The number of hydrogen-bond donors (Lipinski definition) is 1. The molecule has 4 nitrogen and oxygen atoms in total. The maximum absolute atomic E-state index is 11.9. The molecule has 2 rings (SSSR count). The Balaban J connectivity index is 2.28. The van der Waals surface area contributed by atoms with E-state index in [1.807, 2.05) is 13.0 Å². The van der Waals surface area contributed by atoms with Crippen molar-refractivity contribution >= 4 is 5.91 Å². The Kier molecular flexibility index (Phi) is 4.07. The van der Waals surface area contributed by atoms with E-state index in [0.29, 0.717) is 6.04 Å². The van der Waals surface area contributed by atoms with Crippen LogP contribution in [-0.4, -0.2) is 17.6 Å². The number of rotatable bonds is 3. The minimum absolute atomic E-state index is 0.160. The van der Waals surface area contributed by atoms with Crippen molar-refractivity contribution in [1.82, 2.24) is 10.0 Å². The molecule has 0 aliphatic heterocycles. The first kappa shape index (κ1) is 13.1. The molecule has 0 saturated heterocycles. The van der Waals surface area contributed by atoms with Crippen LogP contribution < -0.4 is 5.48 Å². The first-order valence-corrected chi connectivity index (χ1v) is 6.67. The number of amides is 1. The Labute approximate surface area is 108 Å². The third kappa shape index (κ3) is 2.43. The van der Waals surface area contributed by atoms with Gasteiger partial charge in [0.05, 0.1) is 12.7 Å². The molecular formula is C14H22N2O2. The van der Waals surface area contributed by atoms with Crippen LogP contribution in [0.1, 0.15) is 59.9 Å². The molecule has 100 valence electrons. The van der Waals surface area contributed by atoms with Crippen molar-refractivity contribution in [1.29, 1.82) is 0 Å². The summed E-state index contributed by atoms with van der Waals surface area (Å²) >= 11 is 0. The van der Waals surface area contributed by atoms with Crippen molar-refractivity contribution in [3.05, 3.63) is 23.0 Å². The molecule has 0 radical (unpaired) electrons. The molecule has 1 aliphatic rings. The van der Waals surface area contributed by atoms with Gasteiger partial charge in [0.2, 0.25) is 0 Å². The van der Waals surface area contributed by atoms with Crippen molar-refractivity contribution in [3.63, 3.8) is 0 Å². The van der Waals surface area contributed by atoms with Crippen molar-refractivity contribution in [3.8, 4) is 0 Å². The van der Waals surface area contributed by atoms with Gasteiger partial charge >= 0.3 is 0 Å². The van der Waals surface area contributed by atoms with E-state index in [-0.39, 0.29) is 5.91 Å². The van der Waals surface area contributed by atoms with Crippen LogP contribution in [0.3, 0.4) is 0 Å². The average Bonchev–Trinajstić information content (AvgIpc) is 2.66. The highest BCUT2D eigenvalue weighted by molar-refractivity contribution is 5.95. The van der Waals surface area contributed by atoms with E-state index in [1.165, 1.54) is 44.9 Å². The number of carbonyl (C=O) groups excluding carboxylic acids is 1. The zero-order valence-electron chi connectivity index (χ0n) is 11.5. The summed E-state index contributed by atoms with van der Waals surface area (Å²) in [6, 6.07) is 2.51. The Bertz CT molecular complexity index is 431. The third-order valence-electron chi connectivity index (χ3n) is 3.86. The first-order chi connectivity index (χ1) is 8.65. The Hall–Kier alpha value is -1.29. The molecule has 1 aromatic heterocycles. The van der Waals surface area contributed by atoms with Gasteiger partial charge in [0, 0.05) is 17.4 Å². The summed E-state index contributed by atoms with van der Waals surface area (Å²) in [6.45, 7) is 4.09. The van der Waals surface area contributed by atoms with Crippen LogP contribution in [0.5, 0.6) is 0 Å². The quantitative estimate of drug-likeness (QED) is 0.838. The third-order valence-corrected chi connectivity index (χ3v) is 3.86. The predicted molar refractivity (Wildman–Crippen MR) is 70.5 cm³/mol. The zero-order valence-corrected chi connectivity index (χ0v) is 11.5. The maximum atomic E-state index is 11.9. The maximum Gasteiger partial charge on any atom is 0.276 e. The first-order valence-electron chi connectivity index (χ1n) is 6.67. The second-order valence-electron chi connectivity index (χ2n) is 5.08. The van der Waals surface area contributed by atoms with Gasteiger partial charge in [0.15, 0.2) is 0 Å². The summed E-state index contributed by atoms with van der Waals surface area (Å²) in [4.78, 5) is 16.6. The van der Waals surface area contributed by atoms with Gasteiger partial charge in [-0.05, 0) is 32.8 Å². The van der Waals surface area contributed by atoms with Gasteiger partial charge in [-0.15, -0.1) is 0 Å². The summed E-state index contributed by atoms with van der Waals surface area (Å²) < 4.78 is 2.32. The van der Waals surface area contributed by atoms with Crippen molar-refractivity contribution < 1.29 is 9.63 Å². The average molecular weight is 250 g/mol. The van der Waals surface area contributed by atoms with E-state index in [9.17, 15) is 4.79 Å². The van der Waals surface area contributed by atoms with E-state index in [4.69, 9.17) is 4.84 Å². The van der Waals surface area contributed by atoms with Gasteiger partial charge in [0.25, 0.3) is 5.91 Å². The number of aromatic nitrogens is 1. The topological polar surface area (TPSA) is 43.3 Å². The molecule has 0 aromatic carbocycles. The molecule has 1 saturated carbocycles. The molecule has 1 fully saturated rings. The lowest BCUT2D eigenvalue weighted by Crippen LogP contribution is -2.23. The highest BCUT2D eigenvalue weighted by Gasteiger charge is 2.22. The van der Waals surface area contributed by atoms with Crippen LogP contribution in [0.25, 0.3) is 0 Å². The smallest absolute Gasteiger partial charge is 0.276 e. The summed E-state index contributed by atoms with van der Waals surface area (Å²) in [5, 5.41) is 0. The fourth-order valence-corrected chi connectivity index (χ4v) is 3.06. The van der Waals surface area contributed by atoms with E-state index in [1.54, 1.807) is 0 Å². The van der Waals surface area contributed by atoms with Crippen molar-refractivity contribution in [2.75, 3.05) is 7.11 Å². The molecule has 1 heterocycles. The van der Waals surface area contributed by atoms with Crippen molar-refractivity contribution in [2.24, 2.45) is 0 Å². The largest absolute Gasteiger partial charge is 0.345 e. The summed E-state index contributed by atoms with van der Waals surface area (Å²) in [6.07, 6.45) is 6.37. The van der Waals surface area contributed by atoms with Crippen LogP contribution in [-0.2, 0) is 4.84 Å². The second-order valence-corrected chi connectivity index (χ2v) is 5.08. The van der Waals surface area contributed by atoms with Crippen LogP contribution in [0, 0.1) is 13.8 Å². The van der Waals surface area contributed by atoms with E-state index < -0.39 is 0 Å². The SMILES string of the molecule is CONC(=O)c1cc(C)n(C2CCCCC2)c1C. The number of carbonyl (C=O) groups is 1. The Morgan fingerprint density at radius 1 is 1.33 bits per heavy atom. The lowest BCUT2D eigenvalue weighted by atomic mass is 9.95. The van der Waals surface area contributed by atoms with Crippen LogP contribution in [0.2, 0.25) is 0 Å². The molecule has 18 heavy (non-hydrogen) atoms. The normalized spacial score (nSPS) is 16.8. The summed E-state index contributed by atoms with van der Waals surface area (Å²) in [5.41, 5.74) is 5.33. The van der Waals surface area contributed by atoms with Gasteiger partial charge in [-0.3, -0.25) is 9.63 Å². The molecular weight excluding hydrogens is 228 g/mol. The number of nitrogens with zero attached hydrogens (tertiary/aromatic N) is 1. The summed E-state index contributed by atoms with van der Waals surface area (Å²) in [5.74, 6) is -0.160. The number of nitrogens with one attached hydrogen (secondary N) is 1. The molecule has 1 aromatic rings. The molecule has 1 amide bonds. The molecule has 0 spiro atoms. The van der Waals surface area contributed by atoms with Crippen molar-refractivity contribution in [2.45, 2.75) is 52.0 Å². The predicted octanol–water partition coefficient (Wildman–Crippen LogP) is 2.90. The van der Waals surface area contributed by atoms with Gasteiger partial charge in [-0.1, -0.05) is 19.3 Å². The van der Waals surface area contributed by atoms with Gasteiger partial charge < -0.3 is 4.57 Å². The lowest BCUT2D eigenvalue weighted by molar-refractivity contribution is 0.0537. The minimum atomic E-state index is -0.160. The standard InChI is InChI=1S/C14H22N2O2/c1-10-9-13(14(17)15-18-3)11(2)16(10)12-7-5-4-6-8-12/h9,12H,4-8H2,1-3H3,(H,15,17). The van der Waals surface area contributed by atoms with Crippen LogP contribution >= 0.6 is 0 Å². The highest BCUT2D eigenvalue weighted by atomic mass is 16.6. The fraction of sp³-hybridized carbons (Fsp3) is 0.643. The Morgan fingerprint density at radius 2 is 2.00 bits per heavy atom. The molecule has 0 atom stereocenters. The number of hydrogen-bond acceptors (Lipinski definition) is 2. The monoisotopic (exact) mass is 250 g/mol. The molecule has 0 unspecified atom stereocenters. The fourth-order valence-electron chi connectivity index (χ4n) is 3.06. The Morgan fingerprint density at radius 3 is 2.61 bits per heavy atom. The molecule has 1 N–H and O–H groups in total. The van der Waals surface area contributed by atoms with Gasteiger partial charge in [-0.25, -0.2) is 5.48 Å². The van der Waals surface area contributed by atoms with Crippen LogP contribution in [0.15, 0.2) is 6.07 Å². The second kappa shape index (κ2) is 5.57. The van der Waals surface area contributed by atoms with E-state index in [0.717, 1.165) is 11.3 Å². The molecule has 4 heteroatoms. The number of aryl methyl sites for hydroxylation is 1. The minimum Gasteiger partial charge on any atom is -0.345 e. The van der Waals surface area contributed by atoms with Crippen LogP contribution in [0.4, 0.5) is 0 Å². The molecule has 1 aliphatic carbocycles. The summed E-state index contributed by atoms with van der Waals surface area (Å²) in [7, 11) is 1.46. The zero-order chi connectivity index (χ0) is 13.1. The number of hydroxylamine groups is 1.